The molecule has 0 bridgehead atoms. The van der Waals surface area contributed by atoms with Crippen LogP contribution in [-0.4, -0.2) is 85.5 Å². The Morgan fingerprint density at radius 2 is 1.89 bits per heavy atom. The number of carbonyl (C=O) groups excluding carboxylic acids is 1. The summed E-state index contributed by atoms with van der Waals surface area (Å²) in [6, 6.07) is 14.1. The van der Waals surface area contributed by atoms with E-state index in [-0.39, 0.29) is 5.91 Å². The third kappa shape index (κ3) is 4.74. The summed E-state index contributed by atoms with van der Waals surface area (Å²) in [4.78, 5) is 25.9. The average molecular weight is 596 g/mol. The molecule has 44 heavy (non-hydrogen) atoms. The van der Waals surface area contributed by atoms with Crippen molar-refractivity contribution in [3.8, 4) is 11.5 Å². The van der Waals surface area contributed by atoms with Crippen molar-refractivity contribution in [3.05, 3.63) is 77.5 Å². The Kier molecular flexibility index (Phi) is 7.36. The standard InChI is InChI=1S/C34H38N6O4/c1-38-27-6-5-7-30(42-3)25(27)19-28(38)34(41)36-26-9-8-22(18-31(26)43-4)33-37-32(29-20-35-13-15-40(29,33)2)23-10-14-39(21-23)24-11-16-44-17-12-24/h5-9,13,15,18-20,23-24H,10-12,14,16-17,21H2,1-4H3/p+1. The normalized spacial score (nSPS) is 23.7. The summed E-state index contributed by atoms with van der Waals surface area (Å²) in [6.07, 6.45) is 9.18. The minimum Gasteiger partial charge on any atom is -0.496 e. The summed E-state index contributed by atoms with van der Waals surface area (Å²) in [6.45, 7) is 3.79. The Morgan fingerprint density at radius 3 is 2.68 bits per heavy atom. The van der Waals surface area contributed by atoms with Crippen molar-refractivity contribution < 1.29 is 23.5 Å². The number of nitrogens with one attached hydrogen (secondary N) is 1. The van der Waals surface area contributed by atoms with Crippen molar-refractivity contribution >= 4 is 34.5 Å². The predicted octanol–water partition coefficient (Wildman–Crippen LogP) is 4.92. The highest BCUT2D eigenvalue weighted by atomic mass is 16.5. The second kappa shape index (κ2) is 11.4. The number of methoxy groups -OCH3 is 2. The fraction of sp³-hybridized carbons (Fsp3) is 0.382. The van der Waals surface area contributed by atoms with E-state index < -0.39 is 0 Å². The number of quaternary nitrogens is 1. The highest BCUT2D eigenvalue weighted by molar-refractivity contribution is 6.08. The van der Waals surface area contributed by atoms with Crippen LogP contribution >= 0.6 is 0 Å². The van der Waals surface area contributed by atoms with Gasteiger partial charge < -0.3 is 24.1 Å². The third-order valence-corrected chi connectivity index (χ3v) is 9.60. The molecule has 2 unspecified atom stereocenters. The van der Waals surface area contributed by atoms with Crippen molar-refractivity contribution in [1.29, 1.82) is 0 Å². The molecule has 1 N–H and O–H groups in total. The summed E-state index contributed by atoms with van der Waals surface area (Å²) in [7, 11) is 7.29. The van der Waals surface area contributed by atoms with Gasteiger partial charge in [-0.15, -0.1) is 0 Å². The quantitative estimate of drug-likeness (QED) is 0.392. The van der Waals surface area contributed by atoms with Crippen LogP contribution in [0, 0.1) is 5.92 Å². The van der Waals surface area contributed by atoms with E-state index in [2.05, 4.69) is 28.5 Å². The van der Waals surface area contributed by atoms with Crippen molar-refractivity contribution in [1.82, 2.24) is 9.47 Å². The number of aliphatic imine (C=N–C) groups is 2. The van der Waals surface area contributed by atoms with Crippen LogP contribution in [0.25, 0.3) is 10.9 Å². The summed E-state index contributed by atoms with van der Waals surface area (Å²) in [5, 5.41) is 3.95. The molecule has 228 valence electrons. The maximum absolute atomic E-state index is 13.5. The average Bonchev–Trinajstić information content (AvgIpc) is 3.76. The number of carbonyl (C=O) groups is 1. The van der Waals surface area contributed by atoms with Gasteiger partial charge in [0.25, 0.3) is 5.91 Å². The molecule has 10 nitrogen and oxygen atoms in total. The SMILES string of the molecule is COc1cc(C2=NC(C3CCN(C4CCOCC4)C3)=C3C=NC=C[N+]23C)ccc1NC(=O)c1cc2c(OC)cccc2n1C. The van der Waals surface area contributed by atoms with Gasteiger partial charge in [0.2, 0.25) is 5.84 Å². The van der Waals surface area contributed by atoms with Gasteiger partial charge in [-0.05, 0) is 62.2 Å². The first-order chi connectivity index (χ1) is 21.4. The number of hydrogen-bond acceptors (Lipinski definition) is 7. The number of anilines is 1. The number of benzene rings is 2. The molecular formula is C34H39N6O4+. The van der Waals surface area contributed by atoms with Crippen LogP contribution in [0.15, 0.2) is 76.2 Å². The van der Waals surface area contributed by atoms with E-state index in [9.17, 15) is 4.79 Å². The van der Waals surface area contributed by atoms with Crippen molar-refractivity contribution in [2.24, 2.45) is 23.0 Å². The van der Waals surface area contributed by atoms with E-state index >= 15 is 0 Å². The minimum atomic E-state index is -0.231. The Bertz CT molecular complexity index is 1750. The number of ether oxygens (including phenoxy) is 3. The van der Waals surface area contributed by atoms with E-state index in [0.29, 0.717) is 33.6 Å². The highest BCUT2D eigenvalue weighted by Crippen LogP contribution is 2.41. The fourth-order valence-corrected chi connectivity index (χ4v) is 7.12. The lowest BCUT2D eigenvalue weighted by atomic mass is 10.0. The van der Waals surface area contributed by atoms with Gasteiger partial charge in [-0.1, -0.05) is 6.07 Å². The number of rotatable bonds is 7. The van der Waals surface area contributed by atoms with Gasteiger partial charge in [0.05, 0.1) is 50.4 Å². The lowest BCUT2D eigenvalue weighted by molar-refractivity contribution is -0.713. The molecule has 0 radical (unpaired) electrons. The molecular weight excluding hydrogens is 556 g/mol. The monoisotopic (exact) mass is 595 g/mol. The number of hydrogen-bond donors (Lipinski definition) is 1. The van der Waals surface area contributed by atoms with Gasteiger partial charge in [-0.25, -0.2) is 4.48 Å². The first kappa shape index (κ1) is 28.5. The number of allylic oxidation sites excluding steroid dienone is 1. The van der Waals surface area contributed by atoms with E-state index in [1.807, 2.05) is 66.5 Å². The molecule has 4 aliphatic heterocycles. The van der Waals surface area contributed by atoms with Gasteiger partial charge in [0, 0.05) is 44.2 Å². The molecule has 0 spiro atoms. The lowest BCUT2D eigenvalue weighted by Crippen LogP contribution is -2.43. The zero-order valence-corrected chi connectivity index (χ0v) is 25.7. The summed E-state index contributed by atoms with van der Waals surface area (Å²) in [5.74, 6) is 2.33. The predicted molar refractivity (Wildman–Crippen MR) is 171 cm³/mol. The summed E-state index contributed by atoms with van der Waals surface area (Å²) < 4.78 is 19.2. The van der Waals surface area contributed by atoms with Gasteiger partial charge >= 0.3 is 0 Å². The topological polar surface area (TPSA) is 89.7 Å². The molecule has 10 heteroatoms. The molecule has 1 aromatic heterocycles. The van der Waals surface area contributed by atoms with Gasteiger partial charge in [0.1, 0.15) is 29.1 Å². The largest absolute Gasteiger partial charge is 0.496 e. The van der Waals surface area contributed by atoms with E-state index in [4.69, 9.17) is 19.2 Å². The van der Waals surface area contributed by atoms with E-state index in [0.717, 1.165) is 85.0 Å². The van der Waals surface area contributed by atoms with Crippen LogP contribution in [-0.2, 0) is 11.8 Å². The number of nitrogens with zero attached hydrogens (tertiary/aromatic N) is 5. The first-order valence-electron chi connectivity index (χ1n) is 15.3. The fourth-order valence-electron chi connectivity index (χ4n) is 7.12. The molecule has 2 atom stereocenters. The molecule has 7 rings (SSSR count). The number of amidine groups is 1. The second-order valence-corrected chi connectivity index (χ2v) is 12.0. The van der Waals surface area contributed by atoms with Crippen LogP contribution < -0.4 is 14.8 Å². The minimum absolute atomic E-state index is 0.231. The molecule has 2 fully saturated rings. The van der Waals surface area contributed by atoms with Gasteiger partial charge in [-0.2, -0.15) is 4.99 Å². The maximum atomic E-state index is 13.5. The van der Waals surface area contributed by atoms with Crippen molar-refractivity contribution in [3.63, 3.8) is 0 Å². The van der Waals surface area contributed by atoms with Crippen molar-refractivity contribution in [2.45, 2.75) is 25.3 Å². The molecule has 1 amide bonds. The lowest BCUT2D eigenvalue weighted by Gasteiger charge is -2.31. The maximum Gasteiger partial charge on any atom is 0.272 e. The smallest absolute Gasteiger partial charge is 0.272 e. The molecule has 5 heterocycles. The number of fused-ring (bicyclic) bond motifs is 2. The van der Waals surface area contributed by atoms with Crippen LogP contribution in [0.3, 0.4) is 0 Å². The molecule has 0 saturated carbocycles. The number of aryl methyl sites for hydroxylation is 1. The van der Waals surface area contributed by atoms with Gasteiger partial charge in [0.15, 0.2) is 5.70 Å². The van der Waals surface area contributed by atoms with Crippen LogP contribution in [0.2, 0.25) is 0 Å². The Hall–Kier alpha value is -4.25. The molecule has 4 aliphatic rings. The zero-order valence-electron chi connectivity index (χ0n) is 25.7. The Morgan fingerprint density at radius 1 is 1.07 bits per heavy atom. The first-order valence-corrected chi connectivity index (χ1v) is 15.3. The van der Waals surface area contributed by atoms with Crippen LogP contribution in [0.5, 0.6) is 11.5 Å². The van der Waals surface area contributed by atoms with Crippen LogP contribution in [0.4, 0.5) is 5.69 Å². The Labute approximate surface area is 257 Å². The summed E-state index contributed by atoms with van der Waals surface area (Å²) in [5.41, 5.74) is 5.20. The molecule has 3 aromatic rings. The number of amides is 1. The van der Waals surface area contributed by atoms with E-state index in [1.54, 1.807) is 14.2 Å². The number of likely N-dealkylation sites (tertiary alicyclic amines) is 1. The molecule has 2 saturated heterocycles. The van der Waals surface area contributed by atoms with Gasteiger partial charge in [-0.3, -0.25) is 14.7 Å². The van der Waals surface area contributed by atoms with E-state index in [1.165, 1.54) is 0 Å². The zero-order chi connectivity index (χ0) is 30.4. The highest BCUT2D eigenvalue weighted by Gasteiger charge is 2.46. The number of aromatic nitrogens is 1. The summed E-state index contributed by atoms with van der Waals surface area (Å²) >= 11 is 0. The second-order valence-electron chi connectivity index (χ2n) is 12.0. The third-order valence-electron chi connectivity index (χ3n) is 9.60. The molecule has 0 aliphatic carbocycles. The van der Waals surface area contributed by atoms with Crippen LogP contribution in [0.1, 0.15) is 35.3 Å². The Balaban J connectivity index is 1.16. The van der Waals surface area contributed by atoms with Crippen molar-refractivity contribution in [2.75, 3.05) is 52.9 Å². The molecule has 2 aromatic carbocycles.